The smallest absolute Gasteiger partial charge is 0.193 e. The molecule has 5 heteroatoms. The Bertz CT molecular complexity index is 837. The Morgan fingerprint density at radius 1 is 1.18 bits per heavy atom. The van der Waals surface area contributed by atoms with Crippen molar-refractivity contribution in [3.63, 3.8) is 0 Å². The van der Waals surface area contributed by atoms with Crippen LogP contribution in [0, 0.1) is 17.8 Å². The molecule has 4 nitrogen and oxygen atoms in total. The van der Waals surface area contributed by atoms with Gasteiger partial charge in [-0.3, -0.25) is 0 Å². The molecule has 0 aliphatic carbocycles. The van der Waals surface area contributed by atoms with Crippen LogP contribution in [0.2, 0.25) is 18.1 Å². The lowest BCUT2D eigenvalue weighted by Crippen LogP contribution is -2.45. The van der Waals surface area contributed by atoms with E-state index in [-0.39, 0.29) is 5.04 Å². The average Bonchev–Trinajstić information content (AvgIpc) is 2.66. The number of nitrogens with zero attached hydrogens (tertiary/aromatic N) is 1. The van der Waals surface area contributed by atoms with Gasteiger partial charge in [-0.15, -0.1) is 0 Å². The Hall–Kier alpha value is -2.29. The van der Waals surface area contributed by atoms with Crippen molar-refractivity contribution in [2.45, 2.75) is 52.4 Å². The minimum absolute atomic E-state index is 0.167. The third-order valence-corrected chi connectivity index (χ3v) is 10.4. The Labute approximate surface area is 170 Å². The molecule has 2 aromatic rings. The molecule has 0 bridgehead atoms. The zero-order chi connectivity index (χ0) is 20.8. The van der Waals surface area contributed by atoms with E-state index in [9.17, 15) is 0 Å². The molecule has 0 unspecified atom stereocenters. The Morgan fingerprint density at radius 3 is 2.50 bits per heavy atom. The molecule has 2 rings (SSSR count). The van der Waals surface area contributed by atoms with Gasteiger partial charge in [-0.1, -0.05) is 69.9 Å². The fourth-order valence-electron chi connectivity index (χ4n) is 2.61. The van der Waals surface area contributed by atoms with Crippen molar-refractivity contribution in [1.29, 1.82) is 0 Å². The van der Waals surface area contributed by atoms with Crippen LogP contribution in [0.5, 0.6) is 5.75 Å². The summed E-state index contributed by atoms with van der Waals surface area (Å²) in [5, 5.41) is 0.167. The molecular weight excluding hydrogens is 364 g/mol. The Balaban J connectivity index is 2.01. The largest absolute Gasteiger partial charge is 0.487 e. The zero-order valence-corrected chi connectivity index (χ0v) is 18.9. The summed E-state index contributed by atoms with van der Waals surface area (Å²) in [4.78, 5) is 4.20. The normalized spacial score (nSPS) is 11.8. The van der Waals surface area contributed by atoms with Crippen LogP contribution in [0.25, 0.3) is 0 Å². The van der Waals surface area contributed by atoms with Crippen LogP contribution >= 0.6 is 0 Å². The molecule has 0 aliphatic rings. The number of nitrogens with two attached hydrogens (primary N) is 1. The Kier molecular flexibility index (Phi) is 7.28. The predicted octanol–water partition coefficient (Wildman–Crippen LogP) is 5.25. The molecule has 1 heterocycles. The Morgan fingerprint density at radius 2 is 1.86 bits per heavy atom. The molecule has 1 aromatic heterocycles. The van der Waals surface area contributed by atoms with E-state index in [2.05, 4.69) is 57.6 Å². The first-order valence-electron chi connectivity index (χ1n) is 9.68. The molecule has 0 atom stereocenters. The van der Waals surface area contributed by atoms with E-state index < -0.39 is 8.32 Å². The molecule has 0 aliphatic heterocycles. The summed E-state index contributed by atoms with van der Waals surface area (Å²) in [6, 6.07) is 11.8. The number of rotatable bonds is 7. The second-order valence-corrected chi connectivity index (χ2v) is 13.0. The summed E-state index contributed by atoms with van der Waals surface area (Å²) in [7, 11) is -1.88. The van der Waals surface area contributed by atoms with Crippen molar-refractivity contribution in [1.82, 2.24) is 4.98 Å². The third-order valence-electron chi connectivity index (χ3n) is 5.87. The van der Waals surface area contributed by atoms with Crippen LogP contribution in [0.1, 0.15) is 38.8 Å². The van der Waals surface area contributed by atoms with Crippen molar-refractivity contribution in [2.24, 2.45) is 5.92 Å². The van der Waals surface area contributed by atoms with E-state index in [1.807, 2.05) is 36.4 Å². The molecule has 2 N–H and O–H groups in total. The average molecular weight is 397 g/mol. The van der Waals surface area contributed by atoms with E-state index in [0.29, 0.717) is 36.3 Å². The number of hydrogen-bond acceptors (Lipinski definition) is 4. The van der Waals surface area contributed by atoms with Gasteiger partial charge in [0, 0.05) is 6.07 Å². The van der Waals surface area contributed by atoms with Crippen molar-refractivity contribution >= 4 is 14.1 Å². The van der Waals surface area contributed by atoms with E-state index >= 15 is 0 Å². The lowest BCUT2D eigenvalue weighted by atomic mass is 9.99. The quantitative estimate of drug-likeness (QED) is 0.513. The van der Waals surface area contributed by atoms with E-state index in [1.54, 1.807) is 6.20 Å². The molecule has 1 aromatic carbocycles. The number of hydrogen-bond donors (Lipinski definition) is 1. The first-order valence-corrected chi connectivity index (χ1v) is 12.6. The van der Waals surface area contributed by atoms with Crippen molar-refractivity contribution in [2.75, 3.05) is 12.3 Å². The molecule has 150 valence electrons. The topological polar surface area (TPSA) is 57.4 Å². The fraction of sp³-hybridized carbons (Fsp3) is 0.435. The summed E-state index contributed by atoms with van der Waals surface area (Å²) in [6.45, 7) is 14.4. The first kappa shape index (κ1) is 22.0. The van der Waals surface area contributed by atoms with Crippen LogP contribution in [-0.4, -0.2) is 19.9 Å². The van der Waals surface area contributed by atoms with Crippen LogP contribution in [-0.2, 0) is 11.0 Å². The van der Waals surface area contributed by atoms with Crippen LogP contribution in [0.4, 0.5) is 5.82 Å². The maximum atomic E-state index is 6.23. The first-order chi connectivity index (χ1) is 13.1. The van der Waals surface area contributed by atoms with Gasteiger partial charge < -0.3 is 14.9 Å². The van der Waals surface area contributed by atoms with Crippen LogP contribution in [0.15, 0.2) is 42.6 Å². The number of pyridine rings is 1. The molecule has 0 spiro atoms. The summed E-state index contributed by atoms with van der Waals surface area (Å²) < 4.78 is 12.0. The summed E-state index contributed by atoms with van der Waals surface area (Å²) in [5.74, 6) is 7.79. The maximum absolute atomic E-state index is 6.23. The molecular formula is C23H32N2O2Si. The predicted molar refractivity (Wildman–Crippen MR) is 119 cm³/mol. The fourth-order valence-corrected chi connectivity index (χ4v) is 4.80. The minimum Gasteiger partial charge on any atom is -0.487 e. The van der Waals surface area contributed by atoms with Gasteiger partial charge in [0.1, 0.15) is 18.2 Å². The van der Waals surface area contributed by atoms with Gasteiger partial charge in [-0.25, -0.2) is 4.98 Å². The maximum Gasteiger partial charge on any atom is 0.193 e. The standard InChI is InChI=1S/C23H32N2O2Si/c1-18(2)23(3,4)28(5,6)27-14-10-13-20-15-21(16-25-22(20)24)26-17-19-11-8-7-9-12-19/h7-9,11-12,15-16,18H,14,17H2,1-6H3,(H2,24,25). The van der Waals surface area contributed by atoms with Crippen LogP contribution < -0.4 is 10.5 Å². The van der Waals surface area contributed by atoms with Crippen LogP contribution in [0.3, 0.4) is 0 Å². The van der Waals surface area contributed by atoms with E-state index in [1.165, 1.54) is 0 Å². The molecule has 0 fully saturated rings. The van der Waals surface area contributed by atoms with Gasteiger partial charge in [0.2, 0.25) is 0 Å². The lowest BCUT2D eigenvalue weighted by molar-refractivity contribution is 0.302. The summed E-state index contributed by atoms with van der Waals surface area (Å²) in [6.07, 6.45) is 1.63. The van der Waals surface area contributed by atoms with Crippen molar-refractivity contribution in [3.05, 3.63) is 53.7 Å². The monoisotopic (exact) mass is 396 g/mol. The number of benzene rings is 1. The summed E-state index contributed by atoms with van der Waals surface area (Å²) >= 11 is 0. The minimum atomic E-state index is -1.88. The van der Waals surface area contributed by atoms with Crippen molar-refractivity contribution in [3.8, 4) is 17.6 Å². The highest BCUT2D eigenvalue weighted by atomic mass is 28.4. The second-order valence-electron chi connectivity index (χ2n) is 8.36. The summed E-state index contributed by atoms with van der Waals surface area (Å²) in [5.41, 5.74) is 7.73. The lowest BCUT2D eigenvalue weighted by Gasteiger charge is -2.42. The second kappa shape index (κ2) is 9.27. The molecule has 0 radical (unpaired) electrons. The number of anilines is 1. The van der Waals surface area contributed by atoms with Gasteiger partial charge in [-0.2, -0.15) is 0 Å². The van der Waals surface area contributed by atoms with Gasteiger partial charge in [0.15, 0.2) is 8.32 Å². The zero-order valence-electron chi connectivity index (χ0n) is 17.9. The highest BCUT2D eigenvalue weighted by Crippen LogP contribution is 2.44. The number of ether oxygens (including phenoxy) is 1. The van der Waals surface area contributed by atoms with Crippen molar-refractivity contribution < 1.29 is 9.16 Å². The molecule has 0 amide bonds. The van der Waals surface area contributed by atoms with E-state index in [4.69, 9.17) is 14.9 Å². The van der Waals surface area contributed by atoms with Gasteiger partial charge >= 0.3 is 0 Å². The SMILES string of the molecule is CC(C)C(C)(C)[Si](C)(C)OCC#Cc1cc(OCc2ccccc2)cnc1N. The highest BCUT2D eigenvalue weighted by Gasteiger charge is 2.43. The number of nitrogen functional groups attached to an aromatic ring is 1. The molecule has 0 saturated heterocycles. The highest BCUT2D eigenvalue weighted by molar-refractivity contribution is 6.74. The van der Waals surface area contributed by atoms with Gasteiger partial charge in [-0.05, 0) is 29.6 Å². The molecule has 0 saturated carbocycles. The third kappa shape index (κ3) is 5.60. The van der Waals surface area contributed by atoms with Gasteiger partial charge in [0.05, 0.1) is 18.4 Å². The number of aromatic nitrogens is 1. The van der Waals surface area contributed by atoms with Gasteiger partial charge in [0.25, 0.3) is 0 Å². The molecule has 28 heavy (non-hydrogen) atoms. The van der Waals surface area contributed by atoms with E-state index in [0.717, 1.165) is 5.56 Å².